The molecule has 4 nitrogen and oxygen atoms in total. The normalized spacial score (nSPS) is 19.8. The van der Waals surface area contributed by atoms with Crippen LogP contribution in [0.5, 0.6) is 0 Å². The summed E-state index contributed by atoms with van der Waals surface area (Å²) in [6, 6.07) is 5.32. The molecule has 1 aromatic rings. The topological polar surface area (TPSA) is 40.6 Å². The first-order valence-electron chi connectivity index (χ1n) is 3.97. The van der Waals surface area contributed by atoms with Crippen LogP contribution in [-0.2, 0) is 10.0 Å². The molecule has 6 heteroatoms. The summed E-state index contributed by atoms with van der Waals surface area (Å²) in [5.41, 5.74) is 0.696. The molecule has 0 unspecified atom stereocenters. The summed E-state index contributed by atoms with van der Waals surface area (Å²) < 4.78 is 25.6. The molecular weight excluding hydrogens is 268 g/mol. The van der Waals surface area contributed by atoms with Gasteiger partial charge in [-0.1, -0.05) is 6.07 Å². The second-order valence-electron chi connectivity index (χ2n) is 3.05. The summed E-state index contributed by atoms with van der Waals surface area (Å²) in [5, 5.41) is 1.61. The second-order valence-corrected chi connectivity index (χ2v) is 5.79. The predicted octanol–water partition coefficient (Wildman–Crippen LogP) is 1.43. The number of anilines is 1. The van der Waals surface area contributed by atoms with Gasteiger partial charge >= 0.3 is 0 Å². The molecule has 0 aliphatic carbocycles. The van der Waals surface area contributed by atoms with E-state index in [1.165, 1.54) is 11.5 Å². The third-order valence-corrected chi connectivity index (χ3v) is 5.13. The van der Waals surface area contributed by atoms with Crippen LogP contribution >= 0.6 is 15.9 Å². The van der Waals surface area contributed by atoms with Gasteiger partial charge in [0, 0.05) is 18.6 Å². The molecule has 0 bridgehead atoms. The third-order valence-electron chi connectivity index (χ3n) is 2.32. The summed E-state index contributed by atoms with van der Waals surface area (Å²) in [6.07, 6.45) is 0. The lowest BCUT2D eigenvalue weighted by atomic mass is 10.3. The van der Waals surface area contributed by atoms with Crippen molar-refractivity contribution in [2.75, 3.05) is 19.1 Å². The van der Waals surface area contributed by atoms with E-state index in [9.17, 15) is 8.42 Å². The van der Waals surface area contributed by atoms with Crippen molar-refractivity contribution >= 4 is 31.6 Å². The van der Waals surface area contributed by atoms with Crippen molar-refractivity contribution < 1.29 is 8.42 Å². The Bertz CT molecular complexity index is 486. The molecule has 0 spiro atoms. The van der Waals surface area contributed by atoms with Gasteiger partial charge in [0.2, 0.25) is 0 Å². The van der Waals surface area contributed by atoms with E-state index in [1.54, 1.807) is 24.2 Å². The van der Waals surface area contributed by atoms with Crippen molar-refractivity contribution in [3.05, 3.63) is 22.7 Å². The Morgan fingerprint density at radius 2 is 1.93 bits per heavy atom. The Morgan fingerprint density at radius 1 is 1.29 bits per heavy atom. The van der Waals surface area contributed by atoms with Crippen LogP contribution < -0.4 is 5.01 Å². The van der Waals surface area contributed by atoms with E-state index in [2.05, 4.69) is 15.9 Å². The average molecular weight is 277 g/mol. The molecule has 1 heterocycles. The SMILES string of the molecule is CN1c2cccc(Br)c2S(=O)(=O)N1C. The van der Waals surface area contributed by atoms with Crippen molar-refractivity contribution in [3.8, 4) is 0 Å². The van der Waals surface area contributed by atoms with Crippen LogP contribution in [-0.4, -0.2) is 26.9 Å². The summed E-state index contributed by atoms with van der Waals surface area (Å²) in [5.74, 6) is 0. The molecule has 0 fully saturated rings. The van der Waals surface area contributed by atoms with Gasteiger partial charge in [-0.15, -0.1) is 4.41 Å². The molecule has 2 rings (SSSR count). The summed E-state index contributed by atoms with van der Waals surface area (Å²) in [4.78, 5) is 0.338. The first-order valence-corrected chi connectivity index (χ1v) is 6.20. The number of benzene rings is 1. The van der Waals surface area contributed by atoms with E-state index < -0.39 is 10.0 Å². The molecule has 14 heavy (non-hydrogen) atoms. The maximum absolute atomic E-state index is 11.9. The van der Waals surface area contributed by atoms with Crippen LogP contribution in [0.2, 0.25) is 0 Å². The highest BCUT2D eigenvalue weighted by Gasteiger charge is 2.37. The van der Waals surface area contributed by atoms with E-state index in [0.717, 1.165) is 0 Å². The van der Waals surface area contributed by atoms with Gasteiger partial charge in [-0.25, -0.2) is 8.42 Å². The summed E-state index contributed by atoms with van der Waals surface area (Å²) >= 11 is 3.25. The van der Waals surface area contributed by atoms with Crippen molar-refractivity contribution in [2.45, 2.75) is 4.90 Å². The number of rotatable bonds is 0. The van der Waals surface area contributed by atoms with Gasteiger partial charge in [-0.3, -0.25) is 5.01 Å². The molecule has 0 N–H and O–H groups in total. The standard InChI is InChI=1S/C8H9BrN2O2S/c1-10-7-5-3-4-6(9)8(7)14(12,13)11(10)2/h3-5H,1-2H3. The molecule has 1 aliphatic heterocycles. The Hall–Kier alpha value is -0.590. The van der Waals surface area contributed by atoms with Gasteiger partial charge in [0.1, 0.15) is 4.90 Å². The van der Waals surface area contributed by atoms with Gasteiger partial charge in [-0.2, -0.15) is 0 Å². The molecule has 0 radical (unpaired) electrons. The number of fused-ring (bicyclic) bond motifs is 1. The Labute approximate surface area is 91.3 Å². The number of nitrogens with zero attached hydrogens (tertiary/aromatic N) is 2. The predicted molar refractivity (Wildman–Crippen MR) is 57.5 cm³/mol. The number of hydrazine groups is 1. The molecule has 0 saturated carbocycles. The Morgan fingerprint density at radius 3 is 2.50 bits per heavy atom. The van der Waals surface area contributed by atoms with E-state index in [-0.39, 0.29) is 0 Å². The van der Waals surface area contributed by atoms with Gasteiger partial charge < -0.3 is 0 Å². The molecule has 0 amide bonds. The zero-order chi connectivity index (χ0) is 10.5. The smallest absolute Gasteiger partial charge is 0.263 e. The molecule has 0 atom stereocenters. The fraction of sp³-hybridized carbons (Fsp3) is 0.250. The monoisotopic (exact) mass is 276 g/mol. The van der Waals surface area contributed by atoms with E-state index in [0.29, 0.717) is 15.1 Å². The van der Waals surface area contributed by atoms with Crippen LogP contribution in [0.25, 0.3) is 0 Å². The van der Waals surface area contributed by atoms with Gasteiger partial charge in [-0.05, 0) is 28.1 Å². The maximum Gasteiger partial charge on any atom is 0.263 e. The quantitative estimate of drug-likeness (QED) is 0.720. The first-order chi connectivity index (χ1) is 6.46. The van der Waals surface area contributed by atoms with Gasteiger partial charge in [0.05, 0.1) is 5.69 Å². The maximum atomic E-state index is 11.9. The first kappa shape index (κ1) is 9.95. The number of halogens is 1. The van der Waals surface area contributed by atoms with E-state index >= 15 is 0 Å². The Balaban J connectivity index is 2.82. The zero-order valence-corrected chi connectivity index (χ0v) is 10.1. The molecule has 1 aliphatic rings. The zero-order valence-electron chi connectivity index (χ0n) is 7.73. The lowest BCUT2D eigenvalue weighted by Crippen LogP contribution is -2.34. The number of hydrogen-bond acceptors (Lipinski definition) is 3. The second kappa shape index (κ2) is 2.95. The Kier molecular flexibility index (Phi) is 2.09. The van der Waals surface area contributed by atoms with Gasteiger partial charge in [0.25, 0.3) is 10.0 Å². The average Bonchev–Trinajstić information content (AvgIpc) is 2.29. The molecular formula is C8H9BrN2O2S. The van der Waals surface area contributed by atoms with Crippen LogP contribution in [0.15, 0.2) is 27.6 Å². The molecule has 1 aromatic carbocycles. The van der Waals surface area contributed by atoms with E-state index in [1.807, 2.05) is 6.07 Å². The molecule has 76 valence electrons. The van der Waals surface area contributed by atoms with Crippen molar-refractivity contribution in [1.82, 2.24) is 4.41 Å². The van der Waals surface area contributed by atoms with Crippen molar-refractivity contribution in [1.29, 1.82) is 0 Å². The molecule has 0 saturated heterocycles. The summed E-state index contributed by atoms with van der Waals surface area (Å²) in [7, 11) is -0.104. The van der Waals surface area contributed by atoms with E-state index in [4.69, 9.17) is 0 Å². The van der Waals surface area contributed by atoms with Crippen molar-refractivity contribution in [2.24, 2.45) is 0 Å². The number of sulfonamides is 1. The van der Waals surface area contributed by atoms with Gasteiger partial charge in [0.15, 0.2) is 0 Å². The van der Waals surface area contributed by atoms with Crippen LogP contribution in [0.1, 0.15) is 0 Å². The number of hydrogen-bond donors (Lipinski definition) is 0. The minimum atomic E-state index is -3.35. The fourth-order valence-electron chi connectivity index (χ4n) is 1.45. The largest absolute Gasteiger partial charge is 0.294 e. The fourth-order valence-corrected chi connectivity index (χ4v) is 3.88. The minimum Gasteiger partial charge on any atom is -0.294 e. The van der Waals surface area contributed by atoms with Crippen molar-refractivity contribution in [3.63, 3.8) is 0 Å². The van der Waals surface area contributed by atoms with Crippen LogP contribution in [0.3, 0.4) is 0 Å². The highest BCUT2D eigenvalue weighted by molar-refractivity contribution is 9.10. The lowest BCUT2D eigenvalue weighted by Gasteiger charge is -2.18. The minimum absolute atomic E-state index is 0.338. The third kappa shape index (κ3) is 1.11. The lowest BCUT2D eigenvalue weighted by molar-refractivity contribution is 0.481. The highest BCUT2D eigenvalue weighted by Crippen LogP contribution is 2.39. The molecule has 0 aromatic heterocycles. The highest BCUT2D eigenvalue weighted by atomic mass is 79.9. The van der Waals surface area contributed by atoms with Crippen LogP contribution in [0.4, 0.5) is 5.69 Å². The summed E-state index contributed by atoms with van der Waals surface area (Å²) in [6.45, 7) is 0. The van der Waals surface area contributed by atoms with Crippen LogP contribution in [0, 0.1) is 0 Å².